The third-order valence-electron chi connectivity index (χ3n) is 4.51. The molecule has 0 atom stereocenters. The molecule has 2 heterocycles. The molecule has 0 amide bonds. The van der Waals surface area contributed by atoms with E-state index in [1.165, 1.54) is 6.08 Å². The van der Waals surface area contributed by atoms with Gasteiger partial charge in [-0.3, -0.25) is 4.98 Å². The van der Waals surface area contributed by atoms with Crippen LogP contribution in [0.25, 0.3) is 17.0 Å². The second kappa shape index (κ2) is 5.58. The molecule has 0 unspecified atom stereocenters. The quantitative estimate of drug-likeness (QED) is 0.738. The number of pyridine rings is 1. The van der Waals surface area contributed by atoms with E-state index >= 15 is 0 Å². The predicted molar refractivity (Wildman–Crippen MR) is 91.9 cm³/mol. The van der Waals surface area contributed by atoms with E-state index in [4.69, 9.17) is 20.9 Å². The van der Waals surface area contributed by atoms with Gasteiger partial charge in [0.25, 0.3) is 0 Å². The molecule has 3 rings (SSSR count). The van der Waals surface area contributed by atoms with Gasteiger partial charge in [-0.1, -0.05) is 11.6 Å². The first kappa shape index (κ1) is 16.4. The van der Waals surface area contributed by atoms with Gasteiger partial charge in [-0.15, -0.1) is 0 Å². The predicted octanol–water partition coefficient (Wildman–Crippen LogP) is 4.83. The van der Waals surface area contributed by atoms with Crippen molar-refractivity contribution in [3.05, 3.63) is 46.8 Å². The van der Waals surface area contributed by atoms with Gasteiger partial charge in [0, 0.05) is 16.6 Å². The monoisotopic (exact) mass is 333 g/mol. The average Bonchev–Trinajstić information content (AvgIpc) is 2.68. The standard InChI is InChI=1S/C17H18BClFNO2/c1-16(2)17(3,4)23-18(22-16)15(20)9-11-7-8-21-14-6-5-12(19)10-13(11)14/h5-10H,1-4H3. The Bertz CT molecular complexity index is 775. The van der Waals surface area contributed by atoms with E-state index in [2.05, 4.69) is 4.98 Å². The summed E-state index contributed by atoms with van der Waals surface area (Å²) in [7, 11) is -1.01. The second-order valence-corrected chi connectivity index (χ2v) is 7.12. The fraction of sp³-hybridized carbons (Fsp3) is 0.353. The lowest BCUT2D eigenvalue weighted by molar-refractivity contribution is 0.00578. The van der Waals surface area contributed by atoms with Crippen LogP contribution in [-0.2, 0) is 9.31 Å². The fourth-order valence-corrected chi connectivity index (χ4v) is 2.61. The summed E-state index contributed by atoms with van der Waals surface area (Å²) >= 11 is 6.04. The summed E-state index contributed by atoms with van der Waals surface area (Å²) in [4.78, 5) is 4.26. The Morgan fingerprint density at radius 2 is 1.83 bits per heavy atom. The topological polar surface area (TPSA) is 31.4 Å². The molecule has 1 aromatic carbocycles. The van der Waals surface area contributed by atoms with Crippen LogP contribution in [0.2, 0.25) is 5.02 Å². The van der Waals surface area contributed by atoms with Crippen LogP contribution in [0.4, 0.5) is 4.39 Å². The Hall–Kier alpha value is -1.43. The molecule has 1 saturated heterocycles. The number of hydrogen-bond acceptors (Lipinski definition) is 3. The van der Waals surface area contributed by atoms with E-state index in [0.29, 0.717) is 10.6 Å². The van der Waals surface area contributed by atoms with Crippen molar-refractivity contribution in [2.45, 2.75) is 38.9 Å². The van der Waals surface area contributed by atoms with Gasteiger partial charge in [-0.05, 0) is 63.6 Å². The van der Waals surface area contributed by atoms with Crippen LogP contribution in [0.3, 0.4) is 0 Å². The van der Waals surface area contributed by atoms with Crippen LogP contribution >= 0.6 is 11.6 Å². The van der Waals surface area contributed by atoms with E-state index in [-0.39, 0.29) is 0 Å². The summed E-state index contributed by atoms with van der Waals surface area (Å²) in [6, 6.07) is 7.08. The maximum Gasteiger partial charge on any atom is 0.525 e. The lowest BCUT2D eigenvalue weighted by Crippen LogP contribution is -2.41. The number of halogens is 2. The Balaban J connectivity index is 1.98. The molecule has 0 bridgehead atoms. The van der Waals surface area contributed by atoms with E-state index < -0.39 is 24.0 Å². The van der Waals surface area contributed by atoms with Crippen LogP contribution in [0.1, 0.15) is 33.3 Å². The number of aromatic nitrogens is 1. The maximum atomic E-state index is 14.7. The highest BCUT2D eigenvalue weighted by atomic mass is 35.5. The molecule has 1 aliphatic rings. The molecule has 23 heavy (non-hydrogen) atoms. The SMILES string of the molecule is CC1(C)OB(C(F)=Cc2ccnc3ccc(Cl)cc23)OC1(C)C. The third-order valence-corrected chi connectivity index (χ3v) is 4.74. The van der Waals surface area contributed by atoms with E-state index in [1.54, 1.807) is 24.4 Å². The smallest absolute Gasteiger partial charge is 0.398 e. The zero-order valence-electron chi connectivity index (χ0n) is 13.6. The Labute approximate surface area is 140 Å². The molecular formula is C17H18BClFNO2. The van der Waals surface area contributed by atoms with Crippen LogP contribution in [0, 0.1) is 0 Å². The van der Waals surface area contributed by atoms with Crippen LogP contribution in [-0.4, -0.2) is 23.3 Å². The Kier molecular flexibility index (Phi) is 3.99. The number of benzene rings is 1. The number of nitrogens with zero attached hydrogens (tertiary/aromatic N) is 1. The minimum atomic E-state index is -1.01. The molecule has 0 spiro atoms. The fourth-order valence-electron chi connectivity index (χ4n) is 2.44. The highest BCUT2D eigenvalue weighted by Gasteiger charge is 2.53. The van der Waals surface area contributed by atoms with E-state index in [9.17, 15) is 4.39 Å². The summed E-state index contributed by atoms with van der Waals surface area (Å²) < 4.78 is 26.1. The van der Waals surface area contributed by atoms with Gasteiger partial charge in [-0.25, -0.2) is 4.39 Å². The van der Waals surface area contributed by atoms with Crippen LogP contribution in [0.5, 0.6) is 0 Å². The van der Waals surface area contributed by atoms with Gasteiger partial charge in [0.1, 0.15) is 5.73 Å². The zero-order valence-corrected chi connectivity index (χ0v) is 14.3. The first-order valence-electron chi connectivity index (χ1n) is 7.47. The average molecular weight is 334 g/mol. The van der Waals surface area contributed by atoms with Crippen molar-refractivity contribution in [1.82, 2.24) is 4.98 Å². The molecule has 2 aromatic rings. The molecule has 120 valence electrons. The van der Waals surface area contributed by atoms with E-state index in [1.807, 2.05) is 33.8 Å². The normalized spacial score (nSPS) is 20.3. The molecule has 0 radical (unpaired) electrons. The molecule has 0 aliphatic carbocycles. The van der Waals surface area contributed by atoms with Gasteiger partial charge < -0.3 is 9.31 Å². The van der Waals surface area contributed by atoms with Crippen LogP contribution < -0.4 is 0 Å². The summed E-state index contributed by atoms with van der Waals surface area (Å²) in [5.41, 5.74) is -0.190. The lowest BCUT2D eigenvalue weighted by Gasteiger charge is -2.32. The molecule has 1 aliphatic heterocycles. The zero-order chi connectivity index (χ0) is 16.8. The summed E-state index contributed by atoms with van der Waals surface area (Å²) in [6.45, 7) is 7.56. The largest absolute Gasteiger partial charge is 0.525 e. The molecule has 1 aromatic heterocycles. The van der Waals surface area contributed by atoms with Crippen molar-refractivity contribution in [2.24, 2.45) is 0 Å². The molecule has 0 N–H and O–H groups in total. The number of fused-ring (bicyclic) bond motifs is 1. The maximum absolute atomic E-state index is 14.7. The Morgan fingerprint density at radius 3 is 2.48 bits per heavy atom. The highest BCUT2D eigenvalue weighted by Crippen LogP contribution is 2.39. The van der Waals surface area contributed by atoms with Gasteiger partial charge >= 0.3 is 7.12 Å². The molecule has 0 saturated carbocycles. The van der Waals surface area contributed by atoms with E-state index in [0.717, 1.165) is 10.9 Å². The van der Waals surface area contributed by atoms with Gasteiger partial charge in [0.2, 0.25) is 0 Å². The first-order valence-corrected chi connectivity index (χ1v) is 7.84. The third kappa shape index (κ3) is 3.01. The Morgan fingerprint density at radius 1 is 1.17 bits per heavy atom. The minimum absolute atomic E-state index is 0.476. The molecule has 1 fully saturated rings. The van der Waals surface area contributed by atoms with Crippen LogP contribution in [0.15, 0.2) is 36.2 Å². The van der Waals surface area contributed by atoms with Gasteiger partial charge in [0.05, 0.1) is 16.7 Å². The highest BCUT2D eigenvalue weighted by molar-refractivity contribution is 6.54. The van der Waals surface area contributed by atoms with Crippen molar-refractivity contribution in [3.8, 4) is 0 Å². The van der Waals surface area contributed by atoms with Crippen molar-refractivity contribution >= 4 is 35.7 Å². The molecule has 3 nitrogen and oxygen atoms in total. The van der Waals surface area contributed by atoms with Crippen molar-refractivity contribution in [2.75, 3.05) is 0 Å². The van der Waals surface area contributed by atoms with Gasteiger partial charge in [0.15, 0.2) is 0 Å². The van der Waals surface area contributed by atoms with Crippen molar-refractivity contribution < 1.29 is 13.7 Å². The summed E-state index contributed by atoms with van der Waals surface area (Å²) in [5.74, 6) is 0. The minimum Gasteiger partial charge on any atom is -0.398 e. The number of rotatable bonds is 2. The number of hydrogen-bond donors (Lipinski definition) is 0. The molecular weight excluding hydrogens is 315 g/mol. The van der Waals surface area contributed by atoms with Crippen molar-refractivity contribution in [1.29, 1.82) is 0 Å². The first-order chi connectivity index (χ1) is 10.7. The van der Waals surface area contributed by atoms with Crippen molar-refractivity contribution in [3.63, 3.8) is 0 Å². The lowest BCUT2D eigenvalue weighted by atomic mass is 9.86. The molecule has 6 heteroatoms. The van der Waals surface area contributed by atoms with Gasteiger partial charge in [-0.2, -0.15) is 0 Å². The second-order valence-electron chi connectivity index (χ2n) is 6.68. The summed E-state index contributed by atoms with van der Waals surface area (Å²) in [5, 5.41) is 1.36. The summed E-state index contributed by atoms with van der Waals surface area (Å²) in [6.07, 6.45) is 3.06.